The fourth-order valence-corrected chi connectivity index (χ4v) is 2.78. The van der Waals surface area contributed by atoms with Crippen LogP contribution >= 0.6 is 11.6 Å². The van der Waals surface area contributed by atoms with Crippen molar-refractivity contribution in [2.45, 2.75) is 26.2 Å². The number of carboxylic acids is 1. The molecule has 0 radical (unpaired) electrons. The minimum absolute atomic E-state index is 0.243. The molecule has 1 saturated heterocycles. The van der Waals surface area contributed by atoms with Crippen molar-refractivity contribution in [3.05, 3.63) is 28.8 Å². The predicted octanol–water partition coefficient (Wildman–Crippen LogP) is 3.66. The number of benzene rings is 1. The first kappa shape index (κ1) is 13.2. The van der Waals surface area contributed by atoms with Gasteiger partial charge in [-0.3, -0.25) is 0 Å². The maximum atomic E-state index is 10.9. The summed E-state index contributed by atoms with van der Waals surface area (Å²) in [6, 6.07) is 4.97. The van der Waals surface area contributed by atoms with Crippen LogP contribution in [0.15, 0.2) is 18.2 Å². The molecule has 1 heterocycles. The first-order valence-corrected chi connectivity index (χ1v) is 6.77. The van der Waals surface area contributed by atoms with Gasteiger partial charge >= 0.3 is 5.97 Å². The summed E-state index contributed by atoms with van der Waals surface area (Å²) in [5.41, 5.74) is 1.20. The zero-order chi connectivity index (χ0) is 13.1. The Kier molecular flexibility index (Phi) is 4.12. The normalized spacial score (nSPS) is 16.9. The Morgan fingerprint density at radius 1 is 1.44 bits per heavy atom. The largest absolute Gasteiger partial charge is 0.478 e. The molecule has 1 fully saturated rings. The van der Waals surface area contributed by atoms with E-state index in [-0.39, 0.29) is 5.56 Å². The standard InChI is InChI=1S/C14H18ClNO2/c1-2-10-5-7-16(8-6-10)13-4-3-11(14(17)18)9-12(13)15/h3-4,9-10H,2,5-8H2,1H3,(H,17,18). The highest BCUT2D eigenvalue weighted by Crippen LogP contribution is 2.31. The highest BCUT2D eigenvalue weighted by atomic mass is 35.5. The van der Waals surface area contributed by atoms with Crippen LogP contribution in [0.2, 0.25) is 5.02 Å². The molecular weight excluding hydrogens is 250 g/mol. The van der Waals surface area contributed by atoms with E-state index in [0.29, 0.717) is 5.02 Å². The first-order valence-electron chi connectivity index (χ1n) is 6.39. The quantitative estimate of drug-likeness (QED) is 0.908. The molecule has 0 bridgehead atoms. The molecule has 0 unspecified atom stereocenters. The molecule has 1 aliphatic rings. The summed E-state index contributed by atoms with van der Waals surface area (Å²) in [7, 11) is 0. The van der Waals surface area contributed by atoms with Crippen molar-refractivity contribution in [1.82, 2.24) is 0 Å². The molecule has 3 nitrogen and oxygen atoms in total. The van der Waals surface area contributed by atoms with Crippen molar-refractivity contribution in [1.29, 1.82) is 0 Å². The molecule has 98 valence electrons. The molecule has 0 amide bonds. The summed E-state index contributed by atoms with van der Waals surface area (Å²) in [4.78, 5) is 13.1. The molecule has 18 heavy (non-hydrogen) atoms. The smallest absolute Gasteiger partial charge is 0.335 e. The van der Waals surface area contributed by atoms with Crippen molar-refractivity contribution in [2.75, 3.05) is 18.0 Å². The Balaban J connectivity index is 2.12. The monoisotopic (exact) mass is 267 g/mol. The van der Waals surface area contributed by atoms with Gasteiger partial charge in [0, 0.05) is 13.1 Å². The van der Waals surface area contributed by atoms with Gasteiger partial charge in [-0.1, -0.05) is 24.9 Å². The number of aromatic carboxylic acids is 1. The molecule has 0 saturated carbocycles. The Hall–Kier alpha value is -1.22. The third-order valence-electron chi connectivity index (χ3n) is 3.73. The van der Waals surface area contributed by atoms with Crippen LogP contribution in [-0.2, 0) is 0 Å². The minimum atomic E-state index is -0.937. The van der Waals surface area contributed by atoms with E-state index < -0.39 is 5.97 Å². The molecule has 0 aliphatic carbocycles. The van der Waals surface area contributed by atoms with Gasteiger partial charge in [-0.2, -0.15) is 0 Å². The van der Waals surface area contributed by atoms with E-state index in [0.717, 1.165) is 24.7 Å². The number of carboxylic acid groups (broad SMARTS) is 1. The lowest BCUT2D eigenvalue weighted by Gasteiger charge is -2.33. The van der Waals surface area contributed by atoms with Crippen LogP contribution in [0.1, 0.15) is 36.5 Å². The number of hydrogen-bond donors (Lipinski definition) is 1. The number of carbonyl (C=O) groups is 1. The zero-order valence-corrected chi connectivity index (χ0v) is 11.3. The topological polar surface area (TPSA) is 40.5 Å². The van der Waals surface area contributed by atoms with Crippen molar-refractivity contribution in [3.63, 3.8) is 0 Å². The van der Waals surface area contributed by atoms with Gasteiger partial charge in [0.05, 0.1) is 16.3 Å². The van der Waals surface area contributed by atoms with Crippen LogP contribution in [0.4, 0.5) is 5.69 Å². The van der Waals surface area contributed by atoms with Gasteiger partial charge in [0.25, 0.3) is 0 Å². The van der Waals surface area contributed by atoms with Gasteiger partial charge < -0.3 is 10.0 Å². The van der Waals surface area contributed by atoms with Gasteiger partial charge in [0.2, 0.25) is 0 Å². The average Bonchev–Trinajstić information content (AvgIpc) is 2.38. The second-order valence-corrected chi connectivity index (χ2v) is 5.22. The lowest BCUT2D eigenvalue weighted by molar-refractivity contribution is 0.0697. The van der Waals surface area contributed by atoms with Gasteiger partial charge in [-0.25, -0.2) is 4.79 Å². The summed E-state index contributed by atoms with van der Waals surface area (Å²) in [6.07, 6.45) is 3.61. The van der Waals surface area contributed by atoms with Gasteiger partial charge in [0.15, 0.2) is 0 Å². The highest BCUT2D eigenvalue weighted by Gasteiger charge is 2.20. The fraction of sp³-hybridized carbons (Fsp3) is 0.500. The zero-order valence-electron chi connectivity index (χ0n) is 10.5. The maximum Gasteiger partial charge on any atom is 0.335 e. The molecule has 0 aromatic heterocycles. The van der Waals surface area contributed by atoms with Crippen molar-refractivity contribution >= 4 is 23.3 Å². The summed E-state index contributed by atoms with van der Waals surface area (Å²) >= 11 is 6.17. The molecular formula is C14H18ClNO2. The van der Waals surface area contributed by atoms with E-state index in [1.165, 1.54) is 25.3 Å². The molecule has 1 aromatic carbocycles. The second kappa shape index (κ2) is 5.61. The number of anilines is 1. The second-order valence-electron chi connectivity index (χ2n) is 4.81. The average molecular weight is 268 g/mol. The van der Waals surface area contributed by atoms with E-state index in [4.69, 9.17) is 16.7 Å². The molecule has 0 atom stereocenters. The predicted molar refractivity (Wildman–Crippen MR) is 73.6 cm³/mol. The third kappa shape index (κ3) is 2.78. The van der Waals surface area contributed by atoms with Gasteiger partial charge in [0.1, 0.15) is 0 Å². The van der Waals surface area contributed by atoms with Gasteiger partial charge in [-0.15, -0.1) is 0 Å². The lowest BCUT2D eigenvalue weighted by atomic mass is 9.94. The number of rotatable bonds is 3. The summed E-state index contributed by atoms with van der Waals surface area (Å²) in [6.45, 7) is 4.24. The van der Waals surface area contributed by atoms with E-state index in [9.17, 15) is 4.79 Å². The summed E-state index contributed by atoms with van der Waals surface area (Å²) < 4.78 is 0. The first-order chi connectivity index (χ1) is 8.61. The minimum Gasteiger partial charge on any atom is -0.478 e. The molecule has 1 aliphatic heterocycles. The Morgan fingerprint density at radius 2 is 2.11 bits per heavy atom. The Bertz CT molecular complexity index is 439. The van der Waals surface area contributed by atoms with Crippen LogP contribution in [0.3, 0.4) is 0 Å². The van der Waals surface area contributed by atoms with Gasteiger partial charge in [-0.05, 0) is 37.0 Å². The summed E-state index contributed by atoms with van der Waals surface area (Å²) in [5.74, 6) is -0.119. The molecule has 1 aromatic rings. The van der Waals surface area contributed by atoms with Crippen molar-refractivity contribution < 1.29 is 9.90 Å². The van der Waals surface area contributed by atoms with Crippen LogP contribution < -0.4 is 4.90 Å². The number of nitrogens with zero attached hydrogens (tertiary/aromatic N) is 1. The number of hydrogen-bond acceptors (Lipinski definition) is 2. The van der Waals surface area contributed by atoms with Crippen LogP contribution in [-0.4, -0.2) is 24.2 Å². The molecule has 1 N–H and O–H groups in total. The molecule has 0 spiro atoms. The van der Waals surface area contributed by atoms with Crippen LogP contribution in [0.5, 0.6) is 0 Å². The Morgan fingerprint density at radius 3 is 2.61 bits per heavy atom. The van der Waals surface area contributed by atoms with E-state index in [1.54, 1.807) is 6.07 Å². The molecule has 4 heteroatoms. The van der Waals surface area contributed by atoms with E-state index in [1.807, 2.05) is 6.07 Å². The SMILES string of the molecule is CCC1CCN(c2ccc(C(=O)O)cc2Cl)CC1. The van der Waals surface area contributed by atoms with E-state index >= 15 is 0 Å². The highest BCUT2D eigenvalue weighted by molar-refractivity contribution is 6.33. The van der Waals surface area contributed by atoms with Crippen LogP contribution in [0.25, 0.3) is 0 Å². The fourth-order valence-electron chi connectivity index (χ4n) is 2.48. The van der Waals surface area contributed by atoms with Crippen LogP contribution in [0, 0.1) is 5.92 Å². The van der Waals surface area contributed by atoms with Crippen molar-refractivity contribution in [2.24, 2.45) is 5.92 Å². The maximum absolute atomic E-state index is 10.9. The third-order valence-corrected chi connectivity index (χ3v) is 4.03. The van der Waals surface area contributed by atoms with E-state index in [2.05, 4.69) is 11.8 Å². The molecule has 2 rings (SSSR count). The lowest BCUT2D eigenvalue weighted by Crippen LogP contribution is -2.33. The van der Waals surface area contributed by atoms with Crippen molar-refractivity contribution in [3.8, 4) is 0 Å². The number of halogens is 1. The Labute approximate surface area is 112 Å². The summed E-state index contributed by atoms with van der Waals surface area (Å²) in [5, 5.41) is 9.44. The number of piperidine rings is 1.